The topological polar surface area (TPSA) is 49.4 Å². The van der Waals surface area contributed by atoms with Crippen LogP contribution in [-0.2, 0) is 16.0 Å². The first-order chi connectivity index (χ1) is 15.7. The van der Waals surface area contributed by atoms with E-state index >= 15 is 0 Å². The smallest absolute Gasteiger partial charge is 0.246 e. The Hall–Kier alpha value is -3.66. The van der Waals surface area contributed by atoms with Gasteiger partial charge in [-0.05, 0) is 48.1 Å². The molecule has 4 heteroatoms. The largest absolute Gasteiger partial charge is 0.339 e. The number of hydrogen-bond acceptors (Lipinski definition) is 2. The van der Waals surface area contributed by atoms with Crippen molar-refractivity contribution in [3.05, 3.63) is 108 Å². The lowest BCUT2D eigenvalue weighted by Gasteiger charge is -2.30. The van der Waals surface area contributed by atoms with Crippen LogP contribution < -0.4 is 5.32 Å². The summed E-state index contributed by atoms with van der Waals surface area (Å²) in [7, 11) is 0. The van der Waals surface area contributed by atoms with Gasteiger partial charge in [-0.15, -0.1) is 0 Å². The first kappa shape index (κ1) is 21.6. The summed E-state index contributed by atoms with van der Waals surface area (Å²) in [5, 5.41) is 3.13. The number of nitrogens with zero attached hydrogens (tertiary/aromatic N) is 1. The minimum Gasteiger partial charge on any atom is -0.339 e. The number of amides is 2. The summed E-state index contributed by atoms with van der Waals surface area (Å²) in [6.07, 6.45) is 5.59. The van der Waals surface area contributed by atoms with E-state index in [1.807, 2.05) is 77.7 Å². The minimum absolute atomic E-state index is 0.000850. The Bertz CT molecular complexity index is 1070. The van der Waals surface area contributed by atoms with Gasteiger partial charge in [0, 0.05) is 30.8 Å². The van der Waals surface area contributed by atoms with Gasteiger partial charge in [-0.1, -0.05) is 78.9 Å². The van der Waals surface area contributed by atoms with Crippen LogP contribution in [0.5, 0.6) is 0 Å². The molecule has 0 spiro atoms. The summed E-state index contributed by atoms with van der Waals surface area (Å²) in [6, 6.07) is 28.0. The van der Waals surface area contributed by atoms with E-state index in [2.05, 4.69) is 23.5 Å². The average Bonchev–Trinajstić information content (AvgIpc) is 2.85. The molecule has 1 saturated heterocycles. The molecule has 4 rings (SSSR count). The lowest BCUT2D eigenvalue weighted by molar-refractivity contribution is -0.130. The third kappa shape index (κ3) is 5.73. The molecule has 0 bridgehead atoms. The number of rotatable bonds is 6. The zero-order chi connectivity index (χ0) is 22.2. The van der Waals surface area contributed by atoms with Crippen molar-refractivity contribution in [3.8, 4) is 0 Å². The monoisotopic (exact) mass is 424 g/mol. The second kappa shape index (κ2) is 10.6. The number of carbonyl (C=O) groups is 2. The van der Waals surface area contributed by atoms with Crippen molar-refractivity contribution in [2.75, 3.05) is 18.4 Å². The summed E-state index contributed by atoms with van der Waals surface area (Å²) in [5.74, 6) is -0.0414. The van der Waals surface area contributed by atoms with E-state index in [1.54, 1.807) is 6.08 Å². The van der Waals surface area contributed by atoms with Gasteiger partial charge in [0.25, 0.3) is 0 Å². The van der Waals surface area contributed by atoms with E-state index in [9.17, 15) is 9.59 Å². The van der Waals surface area contributed by atoms with Gasteiger partial charge in [-0.25, -0.2) is 0 Å². The maximum atomic E-state index is 12.9. The molecule has 0 aliphatic carbocycles. The molecular formula is C28H28N2O2. The fraction of sp³-hybridized carbons (Fsp3) is 0.214. The maximum absolute atomic E-state index is 12.9. The average molecular weight is 425 g/mol. The lowest BCUT2D eigenvalue weighted by atomic mass is 9.95. The van der Waals surface area contributed by atoms with Crippen LogP contribution in [0.3, 0.4) is 0 Å². The third-order valence-electron chi connectivity index (χ3n) is 5.91. The molecule has 0 radical (unpaired) electrons. The summed E-state index contributed by atoms with van der Waals surface area (Å²) in [5.41, 5.74) is 4.19. The number of nitrogens with one attached hydrogen (secondary N) is 1. The fourth-order valence-corrected chi connectivity index (χ4v) is 4.05. The van der Waals surface area contributed by atoms with Crippen molar-refractivity contribution in [1.29, 1.82) is 0 Å². The second-order valence-corrected chi connectivity index (χ2v) is 8.15. The van der Waals surface area contributed by atoms with E-state index in [-0.39, 0.29) is 17.7 Å². The van der Waals surface area contributed by atoms with Crippen LogP contribution in [0.25, 0.3) is 6.08 Å². The van der Waals surface area contributed by atoms with E-state index in [0.29, 0.717) is 25.9 Å². The predicted molar refractivity (Wildman–Crippen MR) is 129 cm³/mol. The number of benzene rings is 3. The molecule has 1 fully saturated rings. The van der Waals surface area contributed by atoms with Gasteiger partial charge in [0.2, 0.25) is 11.8 Å². The Morgan fingerprint density at radius 3 is 2.19 bits per heavy atom. The van der Waals surface area contributed by atoms with Gasteiger partial charge in [0.05, 0.1) is 0 Å². The molecule has 3 aromatic carbocycles. The van der Waals surface area contributed by atoms with Gasteiger partial charge < -0.3 is 10.2 Å². The van der Waals surface area contributed by atoms with Crippen molar-refractivity contribution in [2.45, 2.75) is 19.3 Å². The Morgan fingerprint density at radius 1 is 0.844 bits per heavy atom. The highest BCUT2D eigenvalue weighted by atomic mass is 16.2. The highest BCUT2D eigenvalue weighted by molar-refractivity contribution is 5.94. The molecule has 32 heavy (non-hydrogen) atoms. The first-order valence-electron chi connectivity index (χ1n) is 11.1. The summed E-state index contributed by atoms with van der Waals surface area (Å²) in [4.78, 5) is 27.3. The van der Waals surface area contributed by atoms with Crippen molar-refractivity contribution >= 4 is 23.6 Å². The molecule has 162 valence electrons. The van der Waals surface area contributed by atoms with E-state index < -0.39 is 0 Å². The Balaban J connectivity index is 1.31. The van der Waals surface area contributed by atoms with Gasteiger partial charge in [-0.2, -0.15) is 0 Å². The van der Waals surface area contributed by atoms with Gasteiger partial charge in [0.1, 0.15) is 0 Å². The Labute approximate surface area is 189 Å². The summed E-state index contributed by atoms with van der Waals surface area (Å²) >= 11 is 0. The number of hydrogen-bond donors (Lipinski definition) is 1. The quantitative estimate of drug-likeness (QED) is 0.555. The summed E-state index contributed by atoms with van der Waals surface area (Å²) < 4.78 is 0. The first-order valence-corrected chi connectivity index (χ1v) is 11.1. The SMILES string of the molecule is O=C(Nc1ccccc1Cc1ccccc1)C1CCN(C(=O)/C=C/c2ccccc2)CC1. The maximum Gasteiger partial charge on any atom is 0.246 e. The molecule has 1 aliphatic rings. The third-order valence-corrected chi connectivity index (χ3v) is 5.91. The van der Waals surface area contributed by atoms with Gasteiger partial charge in [-0.3, -0.25) is 9.59 Å². The molecule has 0 atom stereocenters. The zero-order valence-corrected chi connectivity index (χ0v) is 18.1. The van der Waals surface area contributed by atoms with Crippen molar-refractivity contribution < 1.29 is 9.59 Å². The van der Waals surface area contributed by atoms with Crippen molar-refractivity contribution in [1.82, 2.24) is 4.90 Å². The van der Waals surface area contributed by atoms with Crippen LogP contribution in [0.1, 0.15) is 29.5 Å². The van der Waals surface area contributed by atoms with E-state index in [0.717, 1.165) is 23.2 Å². The van der Waals surface area contributed by atoms with Crippen LogP contribution in [0.2, 0.25) is 0 Å². The molecule has 0 unspecified atom stereocenters. The normalized spacial score (nSPS) is 14.4. The van der Waals surface area contributed by atoms with Crippen LogP contribution in [0.4, 0.5) is 5.69 Å². The number of piperidine rings is 1. The molecule has 0 aromatic heterocycles. The Morgan fingerprint density at radius 2 is 1.47 bits per heavy atom. The molecule has 2 amide bonds. The van der Waals surface area contributed by atoms with Crippen molar-refractivity contribution in [3.63, 3.8) is 0 Å². The van der Waals surface area contributed by atoms with Crippen molar-refractivity contribution in [2.24, 2.45) is 5.92 Å². The molecule has 3 aromatic rings. The number of likely N-dealkylation sites (tertiary alicyclic amines) is 1. The number of para-hydroxylation sites is 1. The molecular weight excluding hydrogens is 396 g/mol. The highest BCUT2D eigenvalue weighted by Crippen LogP contribution is 2.23. The standard InChI is InChI=1S/C28H28N2O2/c31-27(16-15-22-9-3-1-4-10-22)30-19-17-24(18-20-30)28(32)29-26-14-8-7-13-25(26)21-23-11-5-2-6-12-23/h1-16,24H,17-21H2,(H,29,32)/b16-15+. The molecule has 0 saturated carbocycles. The highest BCUT2D eigenvalue weighted by Gasteiger charge is 2.27. The molecule has 1 aliphatic heterocycles. The van der Waals surface area contributed by atoms with Crippen LogP contribution in [0, 0.1) is 5.92 Å². The molecule has 1 N–H and O–H groups in total. The van der Waals surface area contributed by atoms with Crippen LogP contribution >= 0.6 is 0 Å². The minimum atomic E-state index is -0.0815. The van der Waals surface area contributed by atoms with Gasteiger partial charge >= 0.3 is 0 Å². The van der Waals surface area contributed by atoms with Gasteiger partial charge in [0.15, 0.2) is 0 Å². The lowest BCUT2D eigenvalue weighted by Crippen LogP contribution is -2.40. The molecule has 4 nitrogen and oxygen atoms in total. The fourth-order valence-electron chi connectivity index (χ4n) is 4.05. The zero-order valence-electron chi connectivity index (χ0n) is 18.1. The number of carbonyl (C=O) groups excluding carboxylic acids is 2. The van der Waals surface area contributed by atoms with Crippen LogP contribution in [-0.4, -0.2) is 29.8 Å². The Kier molecular flexibility index (Phi) is 7.13. The second-order valence-electron chi connectivity index (χ2n) is 8.15. The summed E-state index contributed by atoms with van der Waals surface area (Å²) in [6.45, 7) is 1.20. The molecule has 1 heterocycles. The van der Waals surface area contributed by atoms with Crippen LogP contribution in [0.15, 0.2) is 91.0 Å². The number of anilines is 1. The predicted octanol–water partition coefficient (Wildman–Crippen LogP) is 5.17. The van der Waals surface area contributed by atoms with E-state index in [4.69, 9.17) is 0 Å². The van der Waals surface area contributed by atoms with E-state index in [1.165, 1.54) is 5.56 Å².